The Labute approximate surface area is 235 Å². The minimum absolute atomic E-state index is 0.0443. The van der Waals surface area contributed by atoms with Crippen molar-refractivity contribution >= 4 is 11.9 Å². The van der Waals surface area contributed by atoms with Crippen molar-refractivity contribution in [2.75, 3.05) is 13.2 Å². The number of aromatic hydroxyl groups is 1. The van der Waals surface area contributed by atoms with E-state index in [1.54, 1.807) is 30.3 Å². The highest BCUT2D eigenvalue weighted by Crippen LogP contribution is 2.56. The summed E-state index contributed by atoms with van der Waals surface area (Å²) in [5.74, 6) is 0.334. The van der Waals surface area contributed by atoms with Crippen molar-refractivity contribution in [3.8, 4) is 17.2 Å². The normalized spacial score (nSPS) is 16.8. The molecule has 2 N–H and O–H groups in total. The van der Waals surface area contributed by atoms with Crippen molar-refractivity contribution in [2.45, 2.75) is 71.0 Å². The Kier molecular flexibility index (Phi) is 8.12. The van der Waals surface area contributed by atoms with Gasteiger partial charge in [-0.25, -0.2) is 4.79 Å². The smallest absolute Gasteiger partial charge is 0.340 e. The van der Waals surface area contributed by atoms with Crippen LogP contribution in [0.4, 0.5) is 0 Å². The van der Waals surface area contributed by atoms with Gasteiger partial charge in [-0.15, -0.1) is 0 Å². The first kappa shape index (κ1) is 27.7. The summed E-state index contributed by atoms with van der Waals surface area (Å²) in [6.45, 7) is 7.47. The largest absolute Gasteiger partial charge is 0.508 e. The van der Waals surface area contributed by atoms with E-state index < -0.39 is 11.6 Å². The highest BCUT2D eigenvalue weighted by Gasteiger charge is 2.53. The lowest BCUT2D eigenvalue weighted by molar-refractivity contribution is 0.0224. The Balaban J connectivity index is 1.31. The first-order chi connectivity index (χ1) is 19.3. The third kappa shape index (κ3) is 5.43. The third-order valence-electron chi connectivity index (χ3n) is 7.52. The van der Waals surface area contributed by atoms with Crippen LogP contribution in [0.5, 0.6) is 17.2 Å². The van der Waals surface area contributed by atoms with Gasteiger partial charge in [-0.1, -0.05) is 37.8 Å². The molecule has 3 aromatic carbocycles. The number of rotatable bonds is 11. The molecule has 210 valence electrons. The molecular weight excluding hydrogens is 506 g/mol. The van der Waals surface area contributed by atoms with Crippen LogP contribution in [0.3, 0.4) is 0 Å². The van der Waals surface area contributed by atoms with Crippen molar-refractivity contribution in [3.05, 3.63) is 88.0 Å². The first-order valence-corrected chi connectivity index (χ1v) is 14.2. The van der Waals surface area contributed by atoms with Crippen LogP contribution in [0, 0.1) is 6.92 Å². The fourth-order valence-electron chi connectivity index (χ4n) is 5.52. The Morgan fingerprint density at radius 2 is 1.60 bits per heavy atom. The number of unbranched alkanes of at least 4 members (excludes halogenated alkanes) is 5. The zero-order chi connectivity index (χ0) is 28.3. The summed E-state index contributed by atoms with van der Waals surface area (Å²) in [5.41, 5.74) is 2.43. The molecule has 5 rings (SSSR count). The summed E-state index contributed by atoms with van der Waals surface area (Å²) in [6, 6.07) is 15.6. The monoisotopic (exact) mass is 543 g/mol. The number of nitrogens with one attached hydrogen (secondary N) is 1. The van der Waals surface area contributed by atoms with Gasteiger partial charge in [-0.3, -0.25) is 4.79 Å². The molecule has 1 amide bonds. The lowest BCUT2D eigenvalue weighted by Gasteiger charge is -2.36. The molecule has 0 radical (unpaired) electrons. The Morgan fingerprint density at radius 3 is 2.38 bits per heavy atom. The second-order valence-corrected chi connectivity index (χ2v) is 10.9. The SMILES string of the molecule is Cc1ccc2c(c1)Oc1cc(O)ccc1C21OC(=O)c2ccc(C(=O)NCCCCCCCCOC(C)C)cc21. The number of phenols is 1. The molecule has 40 heavy (non-hydrogen) atoms. The minimum Gasteiger partial charge on any atom is -0.508 e. The lowest BCUT2D eigenvalue weighted by atomic mass is 9.77. The Hall–Kier alpha value is -3.84. The summed E-state index contributed by atoms with van der Waals surface area (Å²) in [7, 11) is 0. The van der Waals surface area contributed by atoms with Gasteiger partial charge >= 0.3 is 5.97 Å². The van der Waals surface area contributed by atoms with Gasteiger partial charge in [0, 0.05) is 41.5 Å². The number of carbonyl (C=O) groups excluding carboxylic acids is 2. The number of carbonyl (C=O) groups is 2. The van der Waals surface area contributed by atoms with Gasteiger partial charge in [0.1, 0.15) is 17.2 Å². The van der Waals surface area contributed by atoms with Crippen LogP contribution < -0.4 is 10.1 Å². The third-order valence-corrected chi connectivity index (χ3v) is 7.52. The van der Waals surface area contributed by atoms with Crippen molar-refractivity contribution < 1.29 is 28.9 Å². The summed E-state index contributed by atoms with van der Waals surface area (Å²) >= 11 is 0. The van der Waals surface area contributed by atoms with Crippen LogP contribution in [0.15, 0.2) is 54.6 Å². The number of hydrogen-bond acceptors (Lipinski definition) is 6. The molecule has 1 spiro atoms. The molecular formula is C33H37NO6. The standard InChI is InChI=1S/C33H37NO6/c1-21(2)38-17-9-7-5-4-6-8-16-34-31(36)23-11-13-25-28(19-23)33(40-32(25)37)26-14-10-22(3)18-29(26)39-30-20-24(35)12-15-27(30)33/h10-15,18-21,35H,4-9,16-17H2,1-3H3,(H,34,36). The maximum absolute atomic E-state index is 13.1. The maximum Gasteiger partial charge on any atom is 0.340 e. The van der Waals surface area contributed by atoms with Crippen LogP contribution in [-0.2, 0) is 15.1 Å². The number of aryl methyl sites for hydroxylation is 1. The van der Waals surface area contributed by atoms with E-state index >= 15 is 0 Å². The summed E-state index contributed by atoms with van der Waals surface area (Å²) in [5, 5.41) is 13.2. The molecule has 2 heterocycles. The second kappa shape index (κ2) is 11.7. The van der Waals surface area contributed by atoms with Crippen LogP contribution in [0.25, 0.3) is 0 Å². The summed E-state index contributed by atoms with van der Waals surface area (Å²) in [6.07, 6.45) is 6.80. The topological polar surface area (TPSA) is 94.1 Å². The summed E-state index contributed by atoms with van der Waals surface area (Å²) < 4.78 is 17.9. The van der Waals surface area contributed by atoms with E-state index in [1.807, 2.05) is 25.1 Å². The highest BCUT2D eigenvalue weighted by molar-refractivity contribution is 6.00. The minimum atomic E-state index is -1.28. The Morgan fingerprint density at radius 1 is 0.900 bits per heavy atom. The predicted molar refractivity (Wildman–Crippen MR) is 152 cm³/mol. The van der Waals surface area contributed by atoms with E-state index in [-0.39, 0.29) is 17.8 Å². The molecule has 7 nitrogen and oxygen atoms in total. The number of amides is 1. The average Bonchev–Trinajstić information content (AvgIpc) is 3.21. The van der Waals surface area contributed by atoms with Crippen molar-refractivity contribution in [3.63, 3.8) is 0 Å². The number of phenolic OH excluding ortho intramolecular Hbond substituents is 1. The maximum atomic E-state index is 13.1. The summed E-state index contributed by atoms with van der Waals surface area (Å²) in [4.78, 5) is 26.3. The van der Waals surface area contributed by atoms with Crippen LogP contribution in [0.2, 0.25) is 0 Å². The molecule has 0 saturated heterocycles. The fraction of sp³-hybridized carbons (Fsp3) is 0.394. The zero-order valence-corrected chi connectivity index (χ0v) is 23.4. The van der Waals surface area contributed by atoms with Gasteiger partial charge in [0.2, 0.25) is 0 Å². The quantitative estimate of drug-likeness (QED) is 0.205. The fourth-order valence-corrected chi connectivity index (χ4v) is 5.52. The van der Waals surface area contributed by atoms with Gasteiger partial charge in [0.05, 0.1) is 11.7 Å². The van der Waals surface area contributed by atoms with E-state index in [1.165, 1.54) is 12.5 Å². The molecule has 0 bridgehead atoms. The average molecular weight is 544 g/mol. The number of hydrogen-bond donors (Lipinski definition) is 2. The second-order valence-electron chi connectivity index (χ2n) is 10.9. The highest BCUT2D eigenvalue weighted by atomic mass is 16.6. The number of benzene rings is 3. The molecule has 0 saturated carbocycles. The zero-order valence-electron chi connectivity index (χ0n) is 23.4. The molecule has 7 heteroatoms. The van der Waals surface area contributed by atoms with Crippen molar-refractivity contribution in [1.82, 2.24) is 5.32 Å². The van der Waals surface area contributed by atoms with Gasteiger partial charge in [0.15, 0.2) is 5.60 Å². The van der Waals surface area contributed by atoms with Crippen molar-refractivity contribution in [1.29, 1.82) is 0 Å². The molecule has 0 aliphatic carbocycles. The van der Waals surface area contributed by atoms with Gasteiger partial charge in [-0.2, -0.15) is 0 Å². The van der Waals surface area contributed by atoms with Crippen LogP contribution in [0.1, 0.15) is 95.3 Å². The number of ether oxygens (including phenoxy) is 3. The van der Waals surface area contributed by atoms with Gasteiger partial charge in [-0.05, 0) is 75.6 Å². The van der Waals surface area contributed by atoms with Crippen LogP contribution in [-0.4, -0.2) is 36.2 Å². The molecule has 1 atom stereocenters. The van der Waals surface area contributed by atoms with Gasteiger partial charge < -0.3 is 24.6 Å². The molecule has 3 aromatic rings. The molecule has 2 aliphatic heterocycles. The van der Waals surface area contributed by atoms with Crippen molar-refractivity contribution in [2.24, 2.45) is 0 Å². The molecule has 0 fully saturated rings. The van der Waals surface area contributed by atoms with E-state index in [0.717, 1.165) is 44.3 Å². The van der Waals surface area contributed by atoms with E-state index in [4.69, 9.17) is 14.2 Å². The number of fused-ring (bicyclic) bond motifs is 6. The first-order valence-electron chi connectivity index (χ1n) is 14.2. The van der Waals surface area contributed by atoms with E-state index in [0.29, 0.717) is 45.9 Å². The molecule has 2 aliphatic rings. The molecule has 1 unspecified atom stereocenters. The molecule has 0 aromatic heterocycles. The Bertz CT molecular complexity index is 1360. The number of esters is 1. The van der Waals surface area contributed by atoms with Gasteiger partial charge in [0.25, 0.3) is 5.91 Å². The van der Waals surface area contributed by atoms with E-state index in [9.17, 15) is 14.7 Å². The van der Waals surface area contributed by atoms with E-state index in [2.05, 4.69) is 19.2 Å². The lowest BCUT2D eigenvalue weighted by Crippen LogP contribution is -2.33. The van der Waals surface area contributed by atoms with Crippen LogP contribution >= 0.6 is 0 Å². The predicted octanol–water partition coefficient (Wildman–Crippen LogP) is 6.76.